The van der Waals surface area contributed by atoms with E-state index in [1.165, 1.54) is 0 Å². The van der Waals surface area contributed by atoms with E-state index in [1.807, 2.05) is 50.2 Å². The van der Waals surface area contributed by atoms with Crippen LogP contribution in [0.4, 0.5) is 5.69 Å². The summed E-state index contributed by atoms with van der Waals surface area (Å²) in [5, 5.41) is 3.51. The Labute approximate surface area is 199 Å². The number of carbonyl (C=O) groups excluding carboxylic acids is 1. The quantitative estimate of drug-likeness (QED) is 0.490. The molecule has 1 aromatic heterocycles. The van der Waals surface area contributed by atoms with Crippen LogP contribution in [0.2, 0.25) is 0 Å². The van der Waals surface area contributed by atoms with Gasteiger partial charge in [-0.15, -0.1) is 0 Å². The molecule has 7 nitrogen and oxygen atoms in total. The maximum Gasteiger partial charge on any atom is 0.349 e. The third kappa shape index (κ3) is 5.66. The molecule has 1 fully saturated rings. The molecule has 0 atom stereocenters. The zero-order valence-corrected chi connectivity index (χ0v) is 20.1. The van der Waals surface area contributed by atoms with E-state index in [0.29, 0.717) is 28.8 Å². The maximum absolute atomic E-state index is 12.9. The predicted molar refractivity (Wildman–Crippen MR) is 133 cm³/mol. The molecule has 0 bridgehead atoms. The minimum atomic E-state index is -0.659. The number of amides is 1. The first-order valence-electron chi connectivity index (χ1n) is 11.9. The van der Waals surface area contributed by atoms with Crippen LogP contribution >= 0.6 is 0 Å². The van der Waals surface area contributed by atoms with Gasteiger partial charge in [0.2, 0.25) is 0 Å². The Morgan fingerprint density at radius 3 is 2.53 bits per heavy atom. The fraction of sp³-hybridized carbons (Fsp3) is 0.407. The highest BCUT2D eigenvalue weighted by molar-refractivity contribution is 6.05. The number of nitrogens with one attached hydrogen (secondary N) is 1. The number of anilines is 1. The smallest absolute Gasteiger partial charge is 0.349 e. The average molecular weight is 465 g/mol. The molecule has 1 N–H and O–H groups in total. The summed E-state index contributed by atoms with van der Waals surface area (Å²) in [6.07, 6.45) is 1.59. The molecule has 4 rings (SSSR count). The standard InChI is InChI=1S/C27H32N2O5/c1-4-5-22-24(33-18(2)3)11-8-20-16-23(27(31)34-25(20)22)26(30)28-21-9-6-19(7-10-21)17-29-12-14-32-15-13-29/h6-11,16,18H,4-5,12-15,17H2,1-3H3,(H,28,30). The summed E-state index contributed by atoms with van der Waals surface area (Å²) >= 11 is 0. The first kappa shape index (κ1) is 24.0. The van der Waals surface area contributed by atoms with Gasteiger partial charge in [0, 0.05) is 36.3 Å². The molecule has 3 aromatic rings. The number of nitrogens with zero attached hydrogens (tertiary/aromatic N) is 1. The second-order valence-corrected chi connectivity index (χ2v) is 8.86. The molecule has 1 amide bonds. The third-order valence-corrected chi connectivity index (χ3v) is 5.79. The van der Waals surface area contributed by atoms with Crippen molar-refractivity contribution in [2.45, 2.75) is 46.3 Å². The Bertz CT molecular complexity index is 1190. The number of ether oxygens (including phenoxy) is 2. The van der Waals surface area contributed by atoms with E-state index in [4.69, 9.17) is 13.9 Å². The lowest BCUT2D eigenvalue weighted by molar-refractivity contribution is 0.0342. The van der Waals surface area contributed by atoms with Crippen LogP contribution in [-0.2, 0) is 17.7 Å². The number of aryl methyl sites for hydroxylation is 1. The van der Waals surface area contributed by atoms with Crippen molar-refractivity contribution in [2.24, 2.45) is 0 Å². The van der Waals surface area contributed by atoms with Gasteiger partial charge >= 0.3 is 5.63 Å². The van der Waals surface area contributed by atoms with Gasteiger partial charge in [0.1, 0.15) is 16.9 Å². The molecule has 7 heteroatoms. The van der Waals surface area contributed by atoms with E-state index in [9.17, 15) is 9.59 Å². The molecular formula is C27H32N2O5. The predicted octanol–water partition coefficient (Wildman–Crippen LogP) is 4.62. The Kier molecular flexibility index (Phi) is 7.65. The first-order valence-corrected chi connectivity index (χ1v) is 11.9. The van der Waals surface area contributed by atoms with Crippen molar-refractivity contribution >= 4 is 22.6 Å². The van der Waals surface area contributed by atoms with Crippen LogP contribution in [0.1, 0.15) is 48.7 Å². The molecule has 1 aliphatic rings. The van der Waals surface area contributed by atoms with Crippen molar-refractivity contribution in [3.05, 3.63) is 69.6 Å². The van der Waals surface area contributed by atoms with Crippen LogP contribution in [0.25, 0.3) is 11.0 Å². The second kappa shape index (κ2) is 10.8. The van der Waals surface area contributed by atoms with Gasteiger partial charge in [0.25, 0.3) is 5.91 Å². The van der Waals surface area contributed by atoms with Gasteiger partial charge in [-0.1, -0.05) is 25.5 Å². The molecular weight excluding hydrogens is 432 g/mol. The molecule has 1 saturated heterocycles. The minimum absolute atomic E-state index is 0.00471. The highest BCUT2D eigenvalue weighted by Gasteiger charge is 2.18. The highest BCUT2D eigenvalue weighted by Crippen LogP contribution is 2.30. The topological polar surface area (TPSA) is 81.0 Å². The van der Waals surface area contributed by atoms with E-state index in [1.54, 1.807) is 6.07 Å². The Balaban J connectivity index is 1.53. The lowest BCUT2D eigenvalue weighted by atomic mass is 10.0. The lowest BCUT2D eigenvalue weighted by Crippen LogP contribution is -2.35. The molecule has 0 unspecified atom stereocenters. The summed E-state index contributed by atoms with van der Waals surface area (Å²) in [6, 6.07) is 13.0. The van der Waals surface area contributed by atoms with Gasteiger partial charge in [0.05, 0.1) is 19.3 Å². The summed E-state index contributed by atoms with van der Waals surface area (Å²) in [7, 11) is 0. The van der Waals surface area contributed by atoms with E-state index in [2.05, 4.69) is 17.1 Å². The molecule has 2 heterocycles. The molecule has 0 saturated carbocycles. The highest BCUT2D eigenvalue weighted by atomic mass is 16.5. The summed E-state index contributed by atoms with van der Waals surface area (Å²) < 4.78 is 16.9. The van der Waals surface area contributed by atoms with Gasteiger partial charge < -0.3 is 19.2 Å². The number of fused-ring (bicyclic) bond motifs is 1. The fourth-order valence-corrected chi connectivity index (χ4v) is 4.14. The molecule has 0 radical (unpaired) electrons. The molecule has 34 heavy (non-hydrogen) atoms. The molecule has 2 aromatic carbocycles. The molecule has 1 aliphatic heterocycles. The number of morpholine rings is 1. The Hall–Kier alpha value is -3.16. The number of hydrogen-bond acceptors (Lipinski definition) is 6. The largest absolute Gasteiger partial charge is 0.491 e. The number of hydrogen-bond donors (Lipinski definition) is 1. The maximum atomic E-state index is 12.9. The van der Waals surface area contributed by atoms with Crippen molar-refractivity contribution in [3.63, 3.8) is 0 Å². The summed E-state index contributed by atoms with van der Waals surface area (Å²) in [5.74, 6) is 0.220. The molecule has 0 spiro atoms. The van der Waals surface area contributed by atoms with Gasteiger partial charge in [-0.25, -0.2) is 4.79 Å². The monoisotopic (exact) mass is 464 g/mol. The van der Waals surface area contributed by atoms with E-state index in [0.717, 1.165) is 50.4 Å². The van der Waals surface area contributed by atoms with E-state index in [-0.39, 0.29) is 11.7 Å². The number of carbonyl (C=O) groups is 1. The summed E-state index contributed by atoms with van der Waals surface area (Å²) in [5.41, 5.74) is 2.44. The first-order chi connectivity index (χ1) is 16.4. The SMILES string of the molecule is CCCc1c(OC(C)C)ccc2cc(C(=O)Nc3ccc(CN4CCOCC4)cc3)c(=O)oc12. The second-order valence-electron chi connectivity index (χ2n) is 8.86. The minimum Gasteiger partial charge on any atom is -0.491 e. The lowest BCUT2D eigenvalue weighted by Gasteiger charge is -2.26. The van der Waals surface area contributed by atoms with Crippen molar-refractivity contribution in [1.82, 2.24) is 4.90 Å². The van der Waals surface area contributed by atoms with Crippen molar-refractivity contribution in [2.75, 3.05) is 31.6 Å². The van der Waals surface area contributed by atoms with Crippen LogP contribution < -0.4 is 15.7 Å². The fourth-order valence-electron chi connectivity index (χ4n) is 4.14. The van der Waals surface area contributed by atoms with E-state index >= 15 is 0 Å². The zero-order valence-electron chi connectivity index (χ0n) is 20.1. The summed E-state index contributed by atoms with van der Waals surface area (Å²) in [6.45, 7) is 10.2. The van der Waals surface area contributed by atoms with Crippen LogP contribution in [0.5, 0.6) is 5.75 Å². The Morgan fingerprint density at radius 1 is 1.12 bits per heavy atom. The van der Waals surface area contributed by atoms with Crippen molar-refractivity contribution < 1.29 is 18.7 Å². The average Bonchev–Trinajstić information content (AvgIpc) is 2.82. The van der Waals surface area contributed by atoms with Gasteiger partial charge in [-0.2, -0.15) is 0 Å². The zero-order chi connectivity index (χ0) is 24.1. The molecule has 180 valence electrons. The van der Waals surface area contributed by atoms with Crippen LogP contribution in [-0.4, -0.2) is 43.2 Å². The van der Waals surface area contributed by atoms with E-state index < -0.39 is 11.5 Å². The number of rotatable bonds is 8. The van der Waals surface area contributed by atoms with Crippen molar-refractivity contribution in [3.8, 4) is 5.75 Å². The van der Waals surface area contributed by atoms with Crippen LogP contribution in [0, 0.1) is 0 Å². The van der Waals surface area contributed by atoms with Crippen LogP contribution in [0.15, 0.2) is 51.7 Å². The normalized spacial score (nSPS) is 14.5. The van der Waals surface area contributed by atoms with Gasteiger partial charge in [0.15, 0.2) is 0 Å². The van der Waals surface area contributed by atoms with Gasteiger partial charge in [-0.3, -0.25) is 9.69 Å². The molecule has 0 aliphatic carbocycles. The number of benzene rings is 2. The van der Waals surface area contributed by atoms with Gasteiger partial charge in [-0.05, 0) is 56.2 Å². The third-order valence-electron chi connectivity index (χ3n) is 5.79. The summed E-state index contributed by atoms with van der Waals surface area (Å²) in [4.78, 5) is 28.0. The Morgan fingerprint density at radius 2 is 1.85 bits per heavy atom. The van der Waals surface area contributed by atoms with Crippen LogP contribution in [0.3, 0.4) is 0 Å². The van der Waals surface area contributed by atoms with Crippen molar-refractivity contribution in [1.29, 1.82) is 0 Å².